The molecule has 0 unspecified atom stereocenters. The molecule has 0 heterocycles. The standard InChI is InChI=1S/C18H17ClO4/c19-16-8-6-14(7-9-16)15(10-17(20)21)11-18(22)23-12-13-4-2-1-3-5-13/h1-9,15H,10-12H2,(H,20,21)/t15-/m0/s1. The van der Waals surface area contributed by atoms with E-state index in [1.807, 2.05) is 30.3 Å². The number of carboxylic acid groups (broad SMARTS) is 1. The van der Waals surface area contributed by atoms with Crippen molar-refractivity contribution in [2.24, 2.45) is 0 Å². The second-order valence-corrected chi connectivity index (χ2v) is 5.63. The maximum absolute atomic E-state index is 12.0. The first kappa shape index (κ1) is 17.0. The minimum Gasteiger partial charge on any atom is -0.481 e. The zero-order chi connectivity index (χ0) is 16.7. The SMILES string of the molecule is O=C(O)C[C@@H](CC(=O)OCc1ccccc1)c1ccc(Cl)cc1. The van der Waals surface area contributed by atoms with Crippen molar-refractivity contribution in [3.63, 3.8) is 0 Å². The Kier molecular flexibility index (Phi) is 6.18. The lowest BCUT2D eigenvalue weighted by Gasteiger charge is -2.15. The summed E-state index contributed by atoms with van der Waals surface area (Å²) in [5.74, 6) is -1.82. The van der Waals surface area contributed by atoms with E-state index in [2.05, 4.69) is 0 Å². The van der Waals surface area contributed by atoms with Gasteiger partial charge in [-0.2, -0.15) is 0 Å². The lowest BCUT2D eigenvalue weighted by molar-refractivity contribution is -0.145. The van der Waals surface area contributed by atoms with E-state index in [9.17, 15) is 9.59 Å². The number of carboxylic acids is 1. The van der Waals surface area contributed by atoms with Crippen molar-refractivity contribution in [1.82, 2.24) is 0 Å². The lowest BCUT2D eigenvalue weighted by Crippen LogP contribution is -2.14. The molecular weight excluding hydrogens is 316 g/mol. The molecule has 1 atom stereocenters. The van der Waals surface area contributed by atoms with Gasteiger partial charge in [-0.25, -0.2) is 0 Å². The number of carbonyl (C=O) groups is 2. The zero-order valence-corrected chi connectivity index (χ0v) is 13.2. The summed E-state index contributed by atoms with van der Waals surface area (Å²) in [6, 6.07) is 16.2. The summed E-state index contributed by atoms with van der Waals surface area (Å²) in [4.78, 5) is 23.0. The molecule has 120 valence electrons. The molecule has 0 saturated heterocycles. The molecule has 0 spiro atoms. The minimum atomic E-state index is -0.958. The van der Waals surface area contributed by atoms with Crippen molar-refractivity contribution in [3.05, 3.63) is 70.7 Å². The number of hydrogen-bond acceptors (Lipinski definition) is 3. The van der Waals surface area contributed by atoms with Crippen LogP contribution >= 0.6 is 11.6 Å². The molecule has 0 bridgehead atoms. The Morgan fingerprint density at radius 2 is 1.65 bits per heavy atom. The van der Waals surface area contributed by atoms with Crippen LogP contribution in [0.15, 0.2) is 54.6 Å². The molecule has 23 heavy (non-hydrogen) atoms. The van der Waals surface area contributed by atoms with E-state index >= 15 is 0 Å². The number of esters is 1. The summed E-state index contributed by atoms with van der Waals surface area (Å²) in [6.07, 6.45) is -0.122. The molecule has 0 aliphatic rings. The number of benzene rings is 2. The van der Waals surface area contributed by atoms with Crippen LogP contribution in [-0.4, -0.2) is 17.0 Å². The lowest BCUT2D eigenvalue weighted by atomic mass is 9.92. The molecule has 2 aromatic carbocycles. The van der Waals surface area contributed by atoms with Crippen LogP contribution in [0.4, 0.5) is 0 Å². The Hall–Kier alpha value is -2.33. The Morgan fingerprint density at radius 1 is 1.00 bits per heavy atom. The summed E-state index contributed by atoms with van der Waals surface area (Å²) in [6.45, 7) is 0.181. The molecular formula is C18H17ClO4. The number of rotatable bonds is 7. The van der Waals surface area contributed by atoms with Gasteiger partial charge in [0.15, 0.2) is 0 Å². The van der Waals surface area contributed by atoms with Crippen LogP contribution in [0.2, 0.25) is 5.02 Å². The van der Waals surface area contributed by atoms with E-state index in [1.54, 1.807) is 24.3 Å². The second-order valence-electron chi connectivity index (χ2n) is 5.20. The fraction of sp³-hybridized carbons (Fsp3) is 0.222. The number of aliphatic carboxylic acids is 1. The van der Waals surface area contributed by atoms with Gasteiger partial charge in [-0.15, -0.1) is 0 Å². The monoisotopic (exact) mass is 332 g/mol. The fourth-order valence-corrected chi connectivity index (χ4v) is 2.38. The predicted molar refractivity (Wildman–Crippen MR) is 87.3 cm³/mol. The number of carbonyl (C=O) groups excluding carboxylic acids is 1. The van der Waals surface area contributed by atoms with Crippen LogP contribution in [-0.2, 0) is 20.9 Å². The van der Waals surface area contributed by atoms with Crippen molar-refractivity contribution in [2.75, 3.05) is 0 Å². The molecule has 0 saturated carbocycles. The van der Waals surface area contributed by atoms with Gasteiger partial charge in [0.25, 0.3) is 0 Å². The summed E-state index contributed by atoms with van der Waals surface area (Å²) in [5, 5.41) is 9.61. The van der Waals surface area contributed by atoms with Crippen LogP contribution in [0, 0.1) is 0 Å². The first-order valence-corrected chi connectivity index (χ1v) is 7.59. The third-order valence-electron chi connectivity index (χ3n) is 3.42. The smallest absolute Gasteiger partial charge is 0.306 e. The largest absolute Gasteiger partial charge is 0.481 e. The Bertz CT molecular complexity index is 652. The van der Waals surface area contributed by atoms with E-state index in [4.69, 9.17) is 21.4 Å². The van der Waals surface area contributed by atoms with Crippen molar-refractivity contribution in [2.45, 2.75) is 25.4 Å². The Balaban J connectivity index is 1.98. The van der Waals surface area contributed by atoms with Gasteiger partial charge >= 0.3 is 11.9 Å². The van der Waals surface area contributed by atoms with E-state index in [0.29, 0.717) is 5.02 Å². The summed E-state index contributed by atoms with van der Waals surface area (Å²) < 4.78 is 5.23. The van der Waals surface area contributed by atoms with Crippen molar-refractivity contribution >= 4 is 23.5 Å². The zero-order valence-electron chi connectivity index (χ0n) is 12.4. The third kappa shape index (κ3) is 5.75. The van der Waals surface area contributed by atoms with Crippen LogP contribution in [0.25, 0.3) is 0 Å². The van der Waals surface area contributed by atoms with E-state index in [-0.39, 0.29) is 19.4 Å². The highest BCUT2D eigenvalue weighted by Gasteiger charge is 2.20. The van der Waals surface area contributed by atoms with E-state index in [0.717, 1.165) is 11.1 Å². The van der Waals surface area contributed by atoms with Crippen LogP contribution < -0.4 is 0 Å². The van der Waals surface area contributed by atoms with Gasteiger partial charge in [-0.05, 0) is 23.3 Å². The van der Waals surface area contributed by atoms with Crippen LogP contribution in [0.3, 0.4) is 0 Å². The molecule has 0 fully saturated rings. The molecule has 0 aliphatic carbocycles. The molecule has 0 aliphatic heterocycles. The van der Waals surface area contributed by atoms with Gasteiger partial charge in [0.05, 0.1) is 12.8 Å². The van der Waals surface area contributed by atoms with Crippen molar-refractivity contribution in [3.8, 4) is 0 Å². The molecule has 0 aromatic heterocycles. The van der Waals surface area contributed by atoms with Crippen molar-refractivity contribution in [1.29, 1.82) is 0 Å². The first-order valence-electron chi connectivity index (χ1n) is 7.21. The van der Waals surface area contributed by atoms with Gasteiger partial charge in [-0.1, -0.05) is 54.1 Å². The number of hydrogen-bond donors (Lipinski definition) is 1. The molecule has 4 nitrogen and oxygen atoms in total. The maximum atomic E-state index is 12.0. The highest BCUT2D eigenvalue weighted by atomic mass is 35.5. The van der Waals surface area contributed by atoms with Gasteiger partial charge in [-0.3, -0.25) is 9.59 Å². The average molecular weight is 333 g/mol. The summed E-state index contributed by atoms with van der Waals surface area (Å²) >= 11 is 5.84. The Morgan fingerprint density at radius 3 is 2.26 bits per heavy atom. The van der Waals surface area contributed by atoms with Gasteiger partial charge in [0.2, 0.25) is 0 Å². The second kappa shape index (κ2) is 8.34. The quantitative estimate of drug-likeness (QED) is 0.777. The minimum absolute atomic E-state index is 0.0146. The van der Waals surface area contributed by atoms with Gasteiger partial charge in [0.1, 0.15) is 6.61 Å². The highest BCUT2D eigenvalue weighted by molar-refractivity contribution is 6.30. The molecule has 0 amide bonds. The average Bonchev–Trinajstić information content (AvgIpc) is 2.53. The van der Waals surface area contributed by atoms with E-state index in [1.165, 1.54) is 0 Å². The molecule has 2 rings (SSSR count). The molecule has 5 heteroatoms. The number of ether oxygens (including phenoxy) is 1. The summed E-state index contributed by atoms with van der Waals surface area (Å²) in [7, 11) is 0. The Labute approximate surface area is 139 Å². The third-order valence-corrected chi connectivity index (χ3v) is 3.67. The highest BCUT2D eigenvalue weighted by Crippen LogP contribution is 2.25. The van der Waals surface area contributed by atoms with Crippen LogP contribution in [0.1, 0.15) is 29.9 Å². The normalized spacial score (nSPS) is 11.7. The first-order chi connectivity index (χ1) is 11.0. The predicted octanol–water partition coefficient (Wildman–Crippen LogP) is 4.03. The molecule has 0 radical (unpaired) electrons. The van der Waals surface area contributed by atoms with E-state index < -0.39 is 17.9 Å². The van der Waals surface area contributed by atoms with Gasteiger partial charge in [0, 0.05) is 10.9 Å². The molecule has 1 N–H and O–H groups in total. The van der Waals surface area contributed by atoms with Gasteiger partial charge < -0.3 is 9.84 Å². The topological polar surface area (TPSA) is 63.6 Å². The fourth-order valence-electron chi connectivity index (χ4n) is 2.25. The molecule has 2 aromatic rings. The maximum Gasteiger partial charge on any atom is 0.306 e. The number of halogens is 1. The summed E-state index contributed by atoms with van der Waals surface area (Å²) in [5.41, 5.74) is 1.65. The van der Waals surface area contributed by atoms with Crippen molar-refractivity contribution < 1.29 is 19.4 Å². The van der Waals surface area contributed by atoms with Crippen LogP contribution in [0.5, 0.6) is 0 Å².